The van der Waals surface area contributed by atoms with E-state index in [1.807, 2.05) is 11.0 Å². The Bertz CT molecular complexity index is 428. The van der Waals surface area contributed by atoms with E-state index >= 15 is 0 Å². The molecule has 0 atom stereocenters. The third-order valence-electron chi connectivity index (χ3n) is 2.66. The van der Waals surface area contributed by atoms with Gasteiger partial charge in [0.1, 0.15) is 12.2 Å². The van der Waals surface area contributed by atoms with Crippen LogP contribution in [0.1, 0.15) is 32.2 Å². The van der Waals surface area contributed by atoms with Crippen molar-refractivity contribution in [2.45, 2.75) is 32.7 Å². The van der Waals surface area contributed by atoms with Crippen molar-refractivity contribution < 1.29 is 0 Å². The summed E-state index contributed by atoms with van der Waals surface area (Å²) in [5, 5.41) is 8.72. The number of hydrogen-bond acceptors (Lipinski definition) is 3. The maximum absolute atomic E-state index is 4.47. The Labute approximate surface area is 93.8 Å². The molecule has 15 heavy (non-hydrogen) atoms. The average molecular weight is 221 g/mol. The van der Waals surface area contributed by atoms with E-state index in [0.717, 1.165) is 12.2 Å². The Morgan fingerprint density at radius 1 is 1.47 bits per heavy atom. The van der Waals surface area contributed by atoms with Gasteiger partial charge in [-0.1, -0.05) is 6.92 Å². The number of rotatable bonds is 3. The minimum atomic E-state index is -0.111. The highest BCUT2D eigenvalue weighted by molar-refractivity contribution is 7.08. The van der Waals surface area contributed by atoms with Crippen LogP contribution in [0.4, 0.5) is 0 Å². The number of thiophene rings is 1. The summed E-state index contributed by atoms with van der Waals surface area (Å²) >= 11 is 1.71. The van der Waals surface area contributed by atoms with Crippen LogP contribution >= 0.6 is 11.3 Å². The SMILES string of the molecule is CCc1ncn(C(C)(C)c2ccsc2)n1. The molecular formula is C11H15N3S. The number of aryl methyl sites for hydroxylation is 1. The standard InChI is InChI=1S/C11H15N3S/c1-4-10-12-8-14(13-10)11(2,3)9-5-6-15-7-9/h5-8H,4H2,1-3H3. The van der Waals surface area contributed by atoms with Crippen molar-refractivity contribution in [3.05, 3.63) is 34.5 Å². The highest BCUT2D eigenvalue weighted by Crippen LogP contribution is 2.26. The van der Waals surface area contributed by atoms with Gasteiger partial charge in [-0.15, -0.1) is 0 Å². The predicted molar refractivity (Wildman–Crippen MR) is 62.1 cm³/mol. The van der Waals surface area contributed by atoms with Crippen molar-refractivity contribution >= 4 is 11.3 Å². The molecule has 0 aromatic carbocycles. The van der Waals surface area contributed by atoms with E-state index in [-0.39, 0.29) is 5.54 Å². The monoisotopic (exact) mass is 221 g/mol. The van der Waals surface area contributed by atoms with E-state index in [4.69, 9.17) is 0 Å². The number of hydrogen-bond donors (Lipinski definition) is 0. The molecule has 0 bridgehead atoms. The smallest absolute Gasteiger partial charge is 0.150 e. The summed E-state index contributed by atoms with van der Waals surface area (Å²) < 4.78 is 1.94. The molecule has 0 aliphatic carbocycles. The third-order valence-corrected chi connectivity index (χ3v) is 3.34. The van der Waals surface area contributed by atoms with Crippen molar-refractivity contribution in [3.8, 4) is 0 Å². The zero-order chi connectivity index (χ0) is 10.9. The minimum Gasteiger partial charge on any atom is -0.243 e. The Balaban J connectivity index is 2.37. The van der Waals surface area contributed by atoms with Gasteiger partial charge in [0.15, 0.2) is 0 Å². The van der Waals surface area contributed by atoms with Gasteiger partial charge in [0, 0.05) is 6.42 Å². The summed E-state index contributed by atoms with van der Waals surface area (Å²) in [6.45, 7) is 6.38. The lowest BCUT2D eigenvalue weighted by Gasteiger charge is -2.23. The summed E-state index contributed by atoms with van der Waals surface area (Å²) in [5.74, 6) is 0.901. The van der Waals surface area contributed by atoms with Gasteiger partial charge in [-0.2, -0.15) is 16.4 Å². The van der Waals surface area contributed by atoms with E-state index in [1.165, 1.54) is 5.56 Å². The number of aromatic nitrogens is 3. The first-order valence-electron chi connectivity index (χ1n) is 5.08. The summed E-state index contributed by atoms with van der Waals surface area (Å²) in [6.07, 6.45) is 2.70. The van der Waals surface area contributed by atoms with Crippen molar-refractivity contribution in [3.63, 3.8) is 0 Å². The maximum atomic E-state index is 4.47. The zero-order valence-electron chi connectivity index (χ0n) is 9.27. The average Bonchev–Trinajstić information content (AvgIpc) is 2.89. The molecule has 0 unspecified atom stereocenters. The first-order valence-corrected chi connectivity index (χ1v) is 6.02. The Kier molecular flexibility index (Phi) is 2.61. The van der Waals surface area contributed by atoms with Gasteiger partial charge in [-0.25, -0.2) is 9.67 Å². The summed E-state index contributed by atoms with van der Waals surface area (Å²) in [4.78, 5) is 4.27. The normalized spacial score (nSPS) is 11.9. The van der Waals surface area contributed by atoms with Crippen LogP contribution in [0.15, 0.2) is 23.2 Å². The summed E-state index contributed by atoms with van der Waals surface area (Å²) in [5.41, 5.74) is 1.17. The van der Waals surface area contributed by atoms with Gasteiger partial charge >= 0.3 is 0 Å². The molecule has 0 N–H and O–H groups in total. The molecule has 0 aliphatic rings. The molecule has 0 saturated heterocycles. The van der Waals surface area contributed by atoms with E-state index in [0.29, 0.717) is 0 Å². The second-order valence-electron chi connectivity index (χ2n) is 4.03. The van der Waals surface area contributed by atoms with Gasteiger partial charge in [-0.05, 0) is 36.2 Å². The van der Waals surface area contributed by atoms with E-state index in [1.54, 1.807) is 11.3 Å². The van der Waals surface area contributed by atoms with Gasteiger partial charge in [0.2, 0.25) is 0 Å². The topological polar surface area (TPSA) is 30.7 Å². The zero-order valence-corrected chi connectivity index (χ0v) is 10.1. The van der Waals surface area contributed by atoms with Crippen molar-refractivity contribution in [2.24, 2.45) is 0 Å². The Morgan fingerprint density at radius 3 is 2.80 bits per heavy atom. The first-order chi connectivity index (χ1) is 7.14. The van der Waals surface area contributed by atoms with Crippen molar-refractivity contribution in [2.75, 3.05) is 0 Å². The van der Waals surface area contributed by atoms with Crippen LogP contribution in [0.25, 0.3) is 0 Å². The lowest BCUT2D eigenvalue weighted by Crippen LogP contribution is -2.27. The summed E-state index contributed by atoms with van der Waals surface area (Å²) in [6, 6.07) is 2.14. The second-order valence-corrected chi connectivity index (χ2v) is 4.81. The number of nitrogens with zero attached hydrogens (tertiary/aromatic N) is 3. The Hall–Kier alpha value is -1.16. The van der Waals surface area contributed by atoms with E-state index in [9.17, 15) is 0 Å². The van der Waals surface area contributed by atoms with Gasteiger partial charge in [0.25, 0.3) is 0 Å². The van der Waals surface area contributed by atoms with E-state index < -0.39 is 0 Å². The molecule has 2 heterocycles. The molecule has 2 rings (SSSR count). The fourth-order valence-corrected chi connectivity index (χ4v) is 2.29. The van der Waals surface area contributed by atoms with Crippen LogP contribution in [0.3, 0.4) is 0 Å². The predicted octanol–water partition coefficient (Wildman–Crippen LogP) is 2.69. The highest BCUT2D eigenvalue weighted by Gasteiger charge is 2.24. The lowest BCUT2D eigenvalue weighted by atomic mass is 9.98. The molecule has 80 valence electrons. The molecule has 0 saturated carbocycles. The largest absolute Gasteiger partial charge is 0.243 e. The molecule has 0 fully saturated rings. The quantitative estimate of drug-likeness (QED) is 0.797. The molecule has 0 spiro atoms. The minimum absolute atomic E-state index is 0.111. The van der Waals surface area contributed by atoms with Gasteiger partial charge < -0.3 is 0 Å². The van der Waals surface area contributed by atoms with Gasteiger partial charge in [-0.3, -0.25) is 0 Å². The fourth-order valence-electron chi connectivity index (χ4n) is 1.47. The second kappa shape index (κ2) is 3.77. The van der Waals surface area contributed by atoms with Crippen LogP contribution in [0.5, 0.6) is 0 Å². The molecule has 0 radical (unpaired) electrons. The van der Waals surface area contributed by atoms with Crippen LogP contribution in [-0.2, 0) is 12.0 Å². The van der Waals surface area contributed by atoms with Crippen LogP contribution in [-0.4, -0.2) is 14.8 Å². The lowest BCUT2D eigenvalue weighted by molar-refractivity contribution is 0.388. The summed E-state index contributed by atoms with van der Waals surface area (Å²) in [7, 11) is 0. The first kappa shape index (κ1) is 10.4. The van der Waals surface area contributed by atoms with Crippen LogP contribution in [0, 0.1) is 0 Å². The maximum Gasteiger partial charge on any atom is 0.150 e. The third kappa shape index (κ3) is 1.81. The highest BCUT2D eigenvalue weighted by atomic mass is 32.1. The molecule has 0 amide bonds. The van der Waals surface area contributed by atoms with Crippen LogP contribution < -0.4 is 0 Å². The Morgan fingerprint density at radius 2 is 2.27 bits per heavy atom. The van der Waals surface area contributed by atoms with Crippen molar-refractivity contribution in [1.29, 1.82) is 0 Å². The molecular weight excluding hydrogens is 206 g/mol. The van der Waals surface area contributed by atoms with E-state index in [2.05, 4.69) is 47.7 Å². The van der Waals surface area contributed by atoms with Gasteiger partial charge in [0.05, 0.1) is 5.54 Å². The molecule has 4 heteroatoms. The van der Waals surface area contributed by atoms with Crippen molar-refractivity contribution in [1.82, 2.24) is 14.8 Å². The molecule has 2 aromatic heterocycles. The molecule has 0 aliphatic heterocycles. The fraction of sp³-hybridized carbons (Fsp3) is 0.455. The molecule has 2 aromatic rings. The van der Waals surface area contributed by atoms with Crippen LogP contribution in [0.2, 0.25) is 0 Å². The molecule has 3 nitrogen and oxygen atoms in total.